The zero-order chi connectivity index (χ0) is 15.5. The summed E-state index contributed by atoms with van der Waals surface area (Å²) < 4.78 is 2.01. The lowest BCUT2D eigenvalue weighted by atomic mass is 9.96. The summed E-state index contributed by atoms with van der Waals surface area (Å²) in [6, 6.07) is 7.72. The molecule has 2 rings (SSSR count). The topological polar surface area (TPSA) is 46.9 Å². The molecule has 1 aromatic carbocycles. The van der Waals surface area contributed by atoms with Gasteiger partial charge in [0.05, 0.1) is 6.54 Å². The molecule has 0 aliphatic rings. The fourth-order valence-electron chi connectivity index (χ4n) is 1.91. The fraction of sp³-hybridized carbons (Fsp3) is 0.375. The first-order chi connectivity index (χ1) is 9.86. The van der Waals surface area contributed by atoms with Crippen LogP contribution in [0, 0.1) is 5.41 Å². The molecule has 1 amide bonds. The standard InChI is InChI=1S/C16H20ClN3O/c1-16(2,3)15(21)19-10-14-18-7-8-20(14)11-12-5-4-6-13(17)9-12/h4-9H,10-11H2,1-3H3,(H,19,21). The summed E-state index contributed by atoms with van der Waals surface area (Å²) >= 11 is 6.00. The van der Waals surface area contributed by atoms with Crippen molar-refractivity contribution in [3.63, 3.8) is 0 Å². The van der Waals surface area contributed by atoms with Gasteiger partial charge in [-0.1, -0.05) is 44.5 Å². The molecule has 112 valence electrons. The van der Waals surface area contributed by atoms with Crippen molar-refractivity contribution in [2.75, 3.05) is 0 Å². The third kappa shape index (κ3) is 4.33. The van der Waals surface area contributed by atoms with E-state index in [1.165, 1.54) is 0 Å². The van der Waals surface area contributed by atoms with E-state index in [1.807, 2.05) is 55.8 Å². The van der Waals surface area contributed by atoms with E-state index < -0.39 is 5.41 Å². The molecule has 0 bridgehead atoms. The van der Waals surface area contributed by atoms with E-state index in [4.69, 9.17) is 11.6 Å². The van der Waals surface area contributed by atoms with Crippen molar-refractivity contribution in [2.45, 2.75) is 33.9 Å². The van der Waals surface area contributed by atoms with E-state index in [1.54, 1.807) is 6.20 Å². The Morgan fingerprint density at radius 1 is 1.38 bits per heavy atom. The quantitative estimate of drug-likeness (QED) is 0.942. The van der Waals surface area contributed by atoms with Crippen LogP contribution in [0.15, 0.2) is 36.7 Å². The van der Waals surface area contributed by atoms with Gasteiger partial charge in [-0.2, -0.15) is 0 Å². The fourth-order valence-corrected chi connectivity index (χ4v) is 2.12. The summed E-state index contributed by atoms with van der Waals surface area (Å²) in [6.45, 7) is 6.77. The van der Waals surface area contributed by atoms with Crippen molar-refractivity contribution in [1.82, 2.24) is 14.9 Å². The van der Waals surface area contributed by atoms with Gasteiger partial charge in [0.25, 0.3) is 0 Å². The summed E-state index contributed by atoms with van der Waals surface area (Å²) in [5.74, 6) is 0.840. The monoisotopic (exact) mass is 305 g/mol. The molecular formula is C16H20ClN3O. The van der Waals surface area contributed by atoms with Gasteiger partial charge < -0.3 is 9.88 Å². The van der Waals surface area contributed by atoms with Crippen LogP contribution in [0.3, 0.4) is 0 Å². The number of benzene rings is 1. The number of hydrogen-bond donors (Lipinski definition) is 1. The van der Waals surface area contributed by atoms with Gasteiger partial charge in [0.15, 0.2) is 0 Å². The van der Waals surface area contributed by atoms with Crippen molar-refractivity contribution in [2.24, 2.45) is 5.41 Å². The van der Waals surface area contributed by atoms with Gasteiger partial charge in [-0.05, 0) is 17.7 Å². The third-order valence-electron chi connectivity index (χ3n) is 3.13. The highest BCUT2D eigenvalue weighted by Crippen LogP contribution is 2.14. The van der Waals surface area contributed by atoms with Crippen LogP contribution in [0.2, 0.25) is 5.02 Å². The molecule has 0 aliphatic heterocycles. The Kier molecular flexibility index (Phi) is 4.68. The van der Waals surface area contributed by atoms with Gasteiger partial charge in [0, 0.05) is 29.4 Å². The number of rotatable bonds is 4. The van der Waals surface area contributed by atoms with E-state index in [9.17, 15) is 4.79 Å². The minimum Gasteiger partial charge on any atom is -0.348 e. The molecule has 0 saturated heterocycles. The second-order valence-electron chi connectivity index (χ2n) is 6.03. The van der Waals surface area contributed by atoms with E-state index in [-0.39, 0.29) is 5.91 Å². The van der Waals surface area contributed by atoms with Crippen LogP contribution >= 0.6 is 11.6 Å². The highest BCUT2D eigenvalue weighted by molar-refractivity contribution is 6.30. The molecule has 0 saturated carbocycles. The van der Waals surface area contributed by atoms with Gasteiger partial charge in [-0.3, -0.25) is 4.79 Å². The van der Waals surface area contributed by atoms with Gasteiger partial charge in [0.1, 0.15) is 5.82 Å². The second kappa shape index (κ2) is 6.31. The molecule has 4 nitrogen and oxygen atoms in total. The molecule has 1 heterocycles. The minimum atomic E-state index is -0.398. The van der Waals surface area contributed by atoms with Crippen LogP contribution in [-0.2, 0) is 17.9 Å². The summed E-state index contributed by atoms with van der Waals surface area (Å²) in [4.78, 5) is 16.2. The summed E-state index contributed by atoms with van der Waals surface area (Å²) in [5, 5.41) is 3.63. The number of halogens is 1. The Bertz CT molecular complexity index is 628. The van der Waals surface area contributed by atoms with Crippen LogP contribution in [0.4, 0.5) is 0 Å². The van der Waals surface area contributed by atoms with Crippen molar-refractivity contribution < 1.29 is 4.79 Å². The molecule has 1 N–H and O–H groups in total. The summed E-state index contributed by atoms with van der Waals surface area (Å²) in [5.41, 5.74) is 0.702. The molecule has 0 atom stereocenters. The number of carbonyl (C=O) groups excluding carboxylic acids is 1. The molecular weight excluding hydrogens is 286 g/mol. The molecule has 0 radical (unpaired) electrons. The maximum Gasteiger partial charge on any atom is 0.225 e. The van der Waals surface area contributed by atoms with E-state index in [0.29, 0.717) is 13.1 Å². The highest BCUT2D eigenvalue weighted by Gasteiger charge is 2.21. The lowest BCUT2D eigenvalue weighted by Gasteiger charge is -2.17. The van der Waals surface area contributed by atoms with Gasteiger partial charge in [-0.25, -0.2) is 4.98 Å². The lowest BCUT2D eigenvalue weighted by molar-refractivity contribution is -0.128. The van der Waals surface area contributed by atoms with Crippen LogP contribution in [0.25, 0.3) is 0 Å². The molecule has 0 fully saturated rings. The predicted octanol–water partition coefficient (Wildman–Crippen LogP) is 3.25. The molecule has 0 aliphatic carbocycles. The first-order valence-electron chi connectivity index (χ1n) is 6.89. The number of hydrogen-bond acceptors (Lipinski definition) is 2. The maximum absolute atomic E-state index is 11.9. The molecule has 1 aromatic heterocycles. The average molecular weight is 306 g/mol. The Hall–Kier alpha value is -1.81. The average Bonchev–Trinajstić information content (AvgIpc) is 2.82. The number of nitrogens with one attached hydrogen (secondary N) is 1. The van der Waals surface area contributed by atoms with Crippen LogP contribution < -0.4 is 5.32 Å². The zero-order valence-electron chi connectivity index (χ0n) is 12.6. The Morgan fingerprint density at radius 2 is 2.14 bits per heavy atom. The summed E-state index contributed by atoms with van der Waals surface area (Å²) in [6.07, 6.45) is 3.64. The third-order valence-corrected chi connectivity index (χ3v) is 3.37. The summed E-state index contributed by atoms with van der Waals surface area (Å²) in [7, 11) is 0. The first kappa shape index (κ1) is 15.6. The number of imidazole rings is 1. The van der Waals surface area contributed by atoms with Gasteiger partial charge in [0.2, 0.25) is 5.91 Å². The largest absolute Gasteiger partial charge is 0.348 e. The van der Waals surface area contributed by atoms with Gasteiger partial charge >= 0.3 is 0 Å². The predicted molar refractivity (Wildman–Crippen MR) is 84.1 cm³/mol. The van der Waals surface area contributed by atoms with Crippen molar-refractivity contribution in [1.29, 1.82) is 0 Å². The van der Waals surface area contributed by atoms with Crippen LogP contribution in [0.5, 0.6) is 0 Å². The number of aromatic nitrogens is 2. The van der Waals surface area contributed by atoms with E-state index >= 15 is 0 Å². The minimum absolute atomic E-state index is 0.0137. The Labute approximate surface area is 130 Å². The molecule has 0 unspecified atom stereocenters. The van der Waals surface area contributed by atoms with Crippen molar-refractivity contribution >= 4 is 17.5 Å². The van der Waals surface area contributed by atoms with Crippen LogP contribution in [0.1, 0.15) is 32.2 Å². The number of amides is 1. The molecule has 5 heteroatoms. The normalized spacial score (nSPS) is 11.4. The van der Waals surface area contributed by atoms with Gasteiger partial charge in [-0.15, -0.1) is 0 Å². The highest BCUT2D eigenvalue weighted by atomic mass is 35.5. The van der Waals surface area contributed by atoms with E-state index in [0.717, 1.165) is 16.4 Å². The van der Waals surface area contributed by atoms with E-state index in [2.05, 4.69) is 10.3 Å². The number of carbonyl (C=O) groups is 1. The number of nitrogens with zero attached hydrogens (tertiary/aromatic N) is 2. The Morgan fingerprint density at radius 3 is 2.81 bits per heavy atom. The second-order valence-corrected chi connectivity index (χ2v) is 6.47. The van der Waals surface area contributed by atoms with Crippen molar-refractivity contribution in [3.8, 4) is 0 Å². The maximum atomic E-state index is 11.9. The molecule has 21 heavy (non-hydrogen) atoms. The van der Waals surface area contributed by atoms with Crippen molar-refractivity contribution in [3.05, 3.63) is 53.1 Å². The molecule has 2 aromatic rings. The molecule has 0 spiro atoms. The lowest BCUT2D eigenvalue weighted by Crippen LogP contribution is -2.35. The SMILES string of the molecule is CC(C)(C)C(=O)NCc1nccn1Cc1cccc(Cl)c1. The Balaban J connectivity index is 2.04. The first-order valence-corrected chi connectivity index (χ1v) is 7.27. The van der Waals surface area contributed by atoms with Crippen LogP contribution in [-0.4, -0.2) is 15.5 Å². The smallest absolute Gasteiger partial charge is 0.225 e. The zero-order valence-corrected chi connectivity index (χ0v) is 13.3.